The molecule has 1 heterocycles. The van der Waals surface area contributed by atoms with Crippen LogP contribution in [-0.2, 0) is 0 Å². The molecule has 0 bridgehead atoms. The second-order valence-corrected chi connectivity index (χ2v) is 6.45. The topological polar surface area (TPSA) is 53.7 Å². The van der Waals surface area contributed by atoms with Crippen LogP contribution in [0, 0.1) is 6.92 Å². The molecule has 4 aromatic rings. The van der Waals surface area contributed by atoms with Gasteiger partial charge in [-0.3, -0.25) is 0 Å². The number of para-hydroxylation sites is 1. The average Bonchev–Trinajstić information content (AvgIpc) is 3.17. The van der Waals surface area contributed by atoms with Crippen molar-refractivity contribution in [2.75, 3.05) is 21.3 Å². The number of ether oxygens (including phenoxy) is 3. The molecule has 28 heavy (non-hydrogen) atoms. The first-order valence-electron chi connectivity index (χ1n) is 8.91. The Morgan fingerprint density at radius 1 is 0.786 bits per heavy atom. The number of hydrogen-bond donors (Lipinski definition) is 0. The highest BCUT2D eigenvalue weighted by atomic mass is 16.5. The van der Waals surface area contributed by atoms with Crippen molar-refractivity contribution in [3.63, 3.8) is 0 Å². The SMILES string of the molecule is COc1cc(-c2cccc3oc(-c4ccc(C)cc4)nc23)cc(OC)c1OC. The quantitative estimate of drug-likeness (QED) is 0.461. The van der Waals surface area contributed by atoms with E-state index in [4.69, 9.17) is 23.6 Å². The third kappa shape index (κ3) is 3.05. The summed E-state index contributed by atoms with van der Waals surface area (Å²) in [6.07, 6.45) is 0. The molecule has 142 valence electrons. The Labute approximate surface area is 163 Å². The summed E-state index contributed by atoms with van der Waals surface area (Å²) < 4.78 is 22.4. The number of benzene rings is 3. The molecular formula is C23H21NO4. The van der Waals surface area contributed by atoms with Crippen LogP contribution < -0.4 is 14.2 Å². The summed E-state index contributed by atoms with van der Waals surface area (Å²) in [6, 6.07) is 17.8. The van der Waals surface area contributed by atoms with Crippen molar-refractivity contribution in [2.45, 2.75) is 6.92 Å². The Balaban J connectivity index is 1.89. The Bertz CT molecular complexity index is 1100. The van der Waals surface area contributed by atoms with E-state index in [0.717, 1.165) is 27.8 Å². The molecule has 0 aliphatic carbocycles. The third-order valence-electron chi connectivity index (χ3n) is 4.69. The molecule has 3 aromatic carbocycles. The van der Waals surface area contributed by atoms with Crippen LogP contribution in [0.4, 0.5) is 0 Å². The standard InChI is InChI=1S/C23H21NO4/c1-14-8-10-15(11-9-14)23-24-21-17(6-5-7-18(21)28-23)16-12-19(25-2)22(27-4)20(13-16)26-3/h5-13H,1-4H3. The lowest BCUT2D eigenvalue weighted by atomic mass is 10.0. The molecule has 0 unspecified atom stereocenters. The molecule has 5 heteroatoms. The highest BCUT2D eigenvalue weighted by Crippen LogP contribution is 2.42. The van der Waals surface area contributed by atoms with Gasteiger partial charge in [-0.15, -0.1) is 0 Å². The van der Waals surface area contributed by atoms with Crippen LogP contribution in [0.3, 0.4) is 0 Å². The van der Waals surface area contributed by atoms with E-state index in [9.17, 15) is 0 Å². The van der Waals surface area contributed by atoms with Gasteiger partial charge in [-0.2, -0.15) is 0 Å². The number of fused-ring (bicyclic) bond motifs is 1. The van der Waals surface area contributed by atoms with Crippen LogP contribution in [0.5, 0.6) is 17.2 Å². The average molecular weight is 375 g/mol. The first-order chi connectivity index (χ1) is 13.6. The van der Waals surface area contributed by atoms with Crippen molar-refractivity contribution in [1.29, 1.82) is 0 Å². The summed E-state index contributed by atoms with van der Waals surface area (Å²) in [6.45, 7) is 2.05. The molecular weight excluding hydrogens is 354 g/mol. The smallest absolute Gasteiger partial charge is 0.227 e. The zero-order valence-corrected chi connectivity index (χ0v) is 16.3. The van der Waals surface area contributed by atoms with Crippen LogP contribution >= 0.6 is 0 Å². The number of aromatic nitrogens is 1. The summed E-state index contributed by atoms with van der Waals surface area (Å²) in [7, 11) is 4.80. The maximum Gasteiger partial charge on any atom is 0.227 e. The number of aryl methyl sites for hydroxylation is 1. The molecule has 0 saturated carbocycles. The van der Waals surface area contributed by atoms with E-state index in [2.05, 4.69) is 6.92 Å². The normalized spacial score (nSPS) is 10.9. The summed E-state index contributed by atoms with van der Waals surface area (Å²) in [4.78, 5) is 4.76. The van der Waals surface area contributed by atoms with Crippen LogP contribution in [0.15, 0.2) is 59.0 Å². The lowest BCUT2D eigenvalue weighted by Crippen LogP contribution is -1.96. The number of oxazole rings is 1. The molecule has 0 aliphatic rings. The zero-order chi connectivity index (χ0) is 19.7. The van der Waals surface area contributed by atoms with Crippen molar-refractivity contribution in [1.82, 2.24) is 4.98 Å². The van der Waals surface area contributed by atoms with Crippen LogP contribution in [0.25, 0.3) is 33.7 Å². The lowest BCUT2D eigenvalue weighted by molar-refractivity contribution is 0.324. The van der Waals surface area contributed by atoms with Gasteiger partial charge < -0.3 is 18.6 Å². The fraction of sp³-hybridized carbons (Fsp3) is 0.174. The summed E-state index contributed by atoms with van der Waals surface area (Å²) in [5.74, 6) is 2.34. The number of methoxy groups -OCH3 is 3. The second kappa shape index (κ2) is 7.27. The predicted molar refractivity (Wildman–Crippen MR) is 109 cm³/mol. The molecule has 0 aliphatic heterocycles. The van der Waals surface area contributed by atoms with Gasteiger partial charge in [-0.25, -0.2) is 4.98 Å². The van der Waals surface area contributed by atoms with E-state index in [1.165, 1.54) is 5.56 Å². The van der Waals surface area contributed by atoms with E-state index < -0.39 is 0 Å². The lowest BCUT2D eigenvalue weighted by Gasteiger charge is -2.14. The Morgan fingerprint density at radius 3 is 2.07 bits per heavy atom. The molecule has 1 aromatic heterocycles. The Hall–Kier alpha value is -3.47. The fourth-order valence-electron chi connectivity index (χ4n) is 3.24. The summed E-state index contributed by atoms with van der Waals surface area (Å²) >= 11 is 0. The minimum atomic E-state index is 0.557. The predicted octanol–water partition coefficient (Wildman–Crippen LogP) is 5.50. The van der Waals surface area contributed by atoms with Gasteiger partial charge in [0.15, 0.2) is 17.1 Å². The van der Waals surface area contributed by atoms with E-state index in [1.807, 2.05) is 54.6 Å². The maximum absolute atomic E-state index is 6.02. The summed E-state index contributed by atoms with van der Waals surface area (Å²) in [5, 5.41) is 0. The molecule has 0 atom stereocenters. The molecule has 0 spiro atoms. The minimum absolute atomic E-state index is 0.557. The third-order valence-corrected chi connectivity index (χ3v) is 4.69. The van der Waals surface area contributed by atoms with Gasteiger partial charge in [0, 0.05) is 11.1 Å². The van der Waals surface area contributed by atoms with E-state index in [1.54, 1.807) is 21.3 Å². The van der Waals surface area contributed by atoms with Gasteiger partial charge in [0.25, 0.3) is 0 Å². The second-order valence-electron chi connectivity index (χ2n) is 6.45. The van der Waals surface area contributed by atoms with Gasteiger partial charge in [-0.1, -0.05) is 29.8 Å². The number of rotatable bonds is 5. The van der Waals surface area contributed by atoms with Crippen molar-refractivity contribution in [2.24, 2.45) is 0 Å². The van der Waals surface area contributed by atoms with Gasteiger partial charge in [-0.05, 0) is 42.8 Å². The molecule has 0 saturated heterocycles. The van der Waals surface area contributed by atoms with Crippen molar-refractivity contribution < 1.29 is 18.6 Å². The largest absolute Gasteiger partial charge is 0.493 e. The van der Waals surface area contributed by atoms with Crippen LogP contribution in [0.1, 0.15) is 5.56 Å². The fourth-order valence-corrected chi connectivity index (χ4v) is 3.24. The van der Waals surface area contributed by atoms with Crippen molar-refractivity contribution in [3.05, 3.63) is 60.2 Å². The maximum atomic E-state index is 6.02. The van der Waals surface area contributed by atoms with Crippen LogP contribution in [-0.4, -0.2) is 26.3 Å². The first-order valence-corrected chi connectivity index (χ1v) is 8.91. The van der Waals surface area contributed by atoms with Gasteiger partial charge in [0.05, 0.1) is 21.3 Å². The monoisotopic (exact) mass is 375 g/mol. The molecule has 0 N–H and O–H groups in total. The van der Waals surface area contributed by atoms with Crippen molar-refractivity contribution in [3.8, 4) is 39.8 Å². The van der Waals surface area contributed by atoms with Crippen molar-refractivity contribution >= 4 is 11.1 Å². The van der Waals surface area contributed by atoms with Gasteiger partial charge >= 0.3 is 0 Å². The molecule has 4 rings (SSSR count). The first kappa shape index (κ1) is 17.9. The van der Waals surface area contributed by atoms with Crippen LogP contribution in [0.2, 0.25) is 0 Å². The number of hydrogen-bond acceptors (Lipinski definition) is 5. The summed E-state index contributed by atoms with van der Waals surface area (Å²) in [5.41, 5.74) is 5.48. The molecule has 0 fully saturated rings. The minimum Gasteiger partial charge on any atom is -0.493 e. The zero-order valence-electron chi connectivity index (χ0n) is 16.3. The van der Waals surface area contributed by atoms with E-state index >= 15 is 0 Å². The molecule has 0 radical (unpaired) electrons. The van der Waals surface area contributed by atoms with Gasteiger partial charge in [0.1, 0.15) is 5.52 Å². The van der Waals surface area contributed by atoms with E-state index in [-0.39, 0.29) is 0 Å². The Morgan fingerprint density at radius 2 is 1.46 bits per heavy atom. The highest BCUT2D eigenvalue weighted by Gasteiger charge is 2.17. The van der Waals surface area contributed by atoms with E-state index in [0.29, 0.717) is 23.1 Å². The molecule has 0 amide bonds. The highest BCUT2D eigenvalue weighted by molar-refractivity contribution is 5.93. The Kier molecular flexibility index (Phi) is 4.65. The van der Waals surface area contributed by atoms with Gasteiger partial charge in [0.2, 0.25) is 11.6 Å². The number of nitrogens with zero attached hydrogens (tertiary/aromatic N) is 1. The molecule has 5 nitrogen and oxygen atoms in total.